The molecule has 0 saturated heterocycles. The van der Waals surface area contributed by atoms with Crippen LogP contribution in [0, 0.1) is 37.0 Å². The van der Waals surface area contributed by atoms with Crippen molar-refractivity contribution in [3.05, 3.63) is 32.8 Å². The van der Waals surface area contributed by atoms with Crippen LogP contribution >= 0.6 is 23.5 Å². The van der Waals surface area contributed by atoms with Gasteiger partial charge >= 0.3 is 7.60 Å². The molecule has 2 rings (SSSR count). The molecule has 0 aromatic heterocycles. The molecule has 0 radical (unpaired) electrons. The summed E-state index contributed by atoms with van der Waals surface area (Å²) in [6.45, 7) is 3.38. The van der Waals surface area contributed by atoms with E-state index in [0.717, 1.165) is 0 Å². The van der Waals surface area contributed by atoms with Crippen molar-refractivity contribution in [3.8, 4) is 6.07 Å². The van der Waals surface area contributed by atoms with Crippen molar-refractivity contribution in [2.75, 3.05) is 0 Å². The van der Waals surface area contributed by atoms with Crippen molar-refractivity contribution >= 4 is 35.1 Å². The molecule has 6 nitrogen and oxygen atoms in total. The van der Waals surface area contributed by atoms with E-state index in [4.69, 9.17) is 0 Å². The predicted octanol–water partition coefficient (Wildman–Crippen LogP) is 3.05. The molecule has 1 fully saturated rings. The van der Waals surface area contributed by atoms with E-state index < -0.39 is 31.2 Å². The molecule has 0 aliphatic heterocycles. The zero-order valence-corrected chi connectivity index (χ0v) is 15.7. The lowest BCUT2D eigenvalue weighted by atomic mass is 9.88. The van der Waals surface area contributed by atoms with Gasteiger partial charge < -0.3 is 9.79 Å². The van der Waals surface area contributed by atoms with E-state index in [2.05, 4.69) is 15.9 Å². The third-order valence-electron chi connectivity index (χ3n) is 4.10. The van der Waals surface area contributed by atoms with E-state index in [1.165, 1.54) is 6.07 Å². The molecule has 0 bridgehead atoms. The van der Waals surface area contributed by atoms with Crippen molar-refractivity contribution in [1.82, 2.24) is 0 Å². The molecule has 1 aliphatic rings. The van der Waals surface area contributed by atoms with Crippen molar-refractivity contribution in [3.63, 3.8) is 0 Å². The molecular formula is C16H17BrNO5P. The molecular weight excluding hydrogens is 397 g/mol. The molecule has 1 aliphatic carbocycles. The molecule has 1 atom stereocenters. The van der Waals surface area contributed by atoms with E-state index >= 15 is 0 Å². The first-order chi connectivity index (χ1) is 11.1. The summed E-state index contributed by atoms with van der Waals surface area (Å²) < 4.78 is 12.1. The van der Waals surface area contributed by atoms with Gasteiger partial charge in [0.2, 0.25) is 0 Å². The highest BCUT2D eigenvalue weighted by Crippen LogP contribution is 2.43. The molecule has 0 heterocycles. The SMILES string of the molecule is Cc1cc(C(=O)C(C#N)C(=O)C2CC2)c(CP(=O)(O)O)c(C)c1Br. The molecule has 0 spiro atoms. The van der Waals surface area contributed by atoms with E-state index in [1.807, 2.05) is 0 Å². The fourth-order valence-corrected chi connectivity index (χ4v) is 3.81. The highest BCUT2D eigenvalue weighted by atomic mass is 79.9. The standard InChI is InChI=1S/C16H17BrNO5P/c1-8-5-11(13(7-24(21,22)23)9(2)14(8)17)16(20)12(6-18)15(19)10-3-4-10/h5,10,12H,3-4,7H2,1-2H3,(H2,21,22,23). The van der Waals surface area contributed by atoms with Gasteiger partial charge in [0.25, 0.3) is 0 Å². The highest BCUT2D eigenvalue weighted by molar-refractivity contribution is 9.10. The first-order valence-electron chi connectivity index (χ1n) is 7.37. The number of Topliss-reactive ketones (excluding diaryl/α,β-unsaturated/α-hetero) is 2. The minimum Gasteiger partial charge on any atom is -0.324 e. The van der Waals surface area contributed by atoms with Gasteiger partial charge in [-0.3, -0.25) is 14.2 Å². The Morgan fingerprint density at radius 3 is 2.46 bits per heavy atom. The third kappa shape index (κ3) is 4.01. The van der Waals surface area contributed by atoms with Gasteiger partial charge in [-0.1, -0.05) is 15.9 Å². The maximum absolute atomic E-state index is 12.8. The number of carbonyl (C=O) groups excluding carboxylic acids is 2. The number of aryl methyl sites for hydroxylation is 1. The van der Waals surface area contributed by atoms with Gasteiger partial charge in [0, 0.05) is 16.0 Å². The summed E-state index contributed by atoms with van der Waals surface area (Å²) in [6, 6.07) is 3.24. The highest BCUT2D eigenvalue weighted by Gasteiger charge is 2.39. The van der Waals surface area contributed by atoms with Gasteiger partial charge in [0.1, 0.15) is 0 Å². The van der Waals surface area contributed by atoms with Crippen LogP contribution in [-0.2, 0) is 15.5 Å². The van der Waals surface area contributed by atoms with Crippen molar-refractivity contribution in [1.29, 1.82) is 5.26 Å². The molecule has 128 valence electrons. The minimum atomic E-state index is -4.43. The zero-order valence-electron chi connectivity index (χ0n) is 13.2. The largest absolute Gasteiger partial charge is 0.329 e. The summed E-state index contributed by atoms with van der Waals surface area (Å²) >= 11 is 3.34. The fourth-order valence-electron chi connectivity index (χ4n) is 2.64. The minimum absolute atomic E-state index is 0.0390. The van der Waals surface area contributed by atoms with E-state index in [1.54, 1.807) is 19.9 Å². The molecule has 1 aromatic carbocycles. The number of nitrogens with zero attached hydrogens (tertiary/aromatic N) is 1. The quantitative estimate of drug-likeness (QED) is 0.420. The van der Waals surface area contributed by atoms with Gasteiger partial charge in [-0.2, -0.15) is 5.26 Å². The second kappa shape index (κ2) is 6.89. The molecule has 8 heteroatoms. The summed E-state index contributed by atoms with van der Waals surface area (Å²) in [5.74, 6) is -2.76. The Morgan fingerprint density at radius 2 is 2.00 bits per heavy atom. The fraction of sp³-hybridized carbons (Fsp3) is 0.438. The van der Waals surface area contributed by atoms with Crippen LogP contribution in [-0.4, -0.2) is 21.4 Å². The molecule has 2 N–H and O–H groups in total. The van der Waals surface area contributed by atoms with Crippen molar-refractivity contribution in [2.45, 2.75) is 32.9 Å². The summed E-state index contributed by atoms with van der Waals surface area (Å²) in [6.07, 6.45) is 0.741. The smallest absolute Gasteiger partial charge is 0.324 e. The molecule has 1 saturated carbocycles. The van der Waals surface area contributed by atoms with Crippen LogP contribution < -0.4 is 0 Å². The number of rotatable bonds is 6. The van der Waals surface area contributed by atoms with E-state index in [-0.39, 0.29) is 17.0 Å². The lowest BCUT2D eigenvalue weighted by Crippen LogP contribution is -2.25. The van der Waals surface area contributed by atoms with E-state index in [9.17, 15) is 29.2 Å². The second-order valence-electron chi connectivity index (χ2n) is 6.08. The number of hydrogen-bond donors (Lipinski definition) is 2. The topological polar surface area (TPSA) is 115 Å². The molecule has 24 heavy (non-hydrogen) atoms. The summed E-state index contributed by atoms with van der Waals surface area (Å²) in [7, 11) is -4.43. The van der Waals surface area contributed by atoms with Crippen molar-refractivity contribution in [2.24, 2.45) is 11.8 Å². The average molecular weight is 414 g/mol. The number of halogens is 1. The Hall–Kier alpha value is -1.32. The summed E-state index contributed by atoms with van der Waals surface area (Å²) in [5.41, 5.74) is 1.44. The Bertz CT molecular complexity index is 804. The summed E-state index contributed by atoms with van der Waals surface area (Å²) in [5, 5.41) is 9.27. The number of nitriles is 1. The summed E-state index contributed by atoms with van der Waals surface area (Å²) in [4.78, 5) is 43.6. The van der Waals surface area contributed by atoms with Gasteiger partial charge in [0.15, 0.2) is 17.5 Å². The maximum Gasteiger partial charge on any atom is 0.329 e. The molecule has 0 amide bonds. The Balaban J connectivity index is 2.55. The predicted molar refractivity (Wildman–Crippen MR) is 90.5 cm³/mol. The molecule has 1 aromatic rings. The number of benzene rings is 1. The van der Waals surface area contributed by atoms with Crippen LogP contribution in [0.3, 0.4) is 0 Å². The number of ketones is 2. The first-order valence-corrected chi connectivity index (χ1v) is 9.96. The van der Waals surface area contributed by atoms with Crippen molar-refractivity contribution < 1.29 is 23.9 Å². The zero-order chi connectivity index (χ0) is 18.2. The Labute approximate surface area is 148 Å². The lowest BCUT2D eigenvalue weighted by Gasteiger charge is -2.17. The van der Waals surface area contributed by atoms with E-state index in [0.29, 0.717) is 28.4 Å². The van der Waals surface area contributed by atoms with Crippen LogP contribution in [0.1, 0.15) is 39.9 Å². The van der Waals surface area contributed by atoms with Crippen LogP contribution in [0.4, 0.5) is 0 Å². The third-order valence-corrected chi connectivity index (χ3v) is 6.05. The van der Waals surface area contributed by atoms with Gasteiger partial charge in [0.05, 0.1) is 12.2 Å². The van der Waals surface area contributed by atoms with Gasteiger partial charge in [-0.15, -0.1) is 0 Å². The van der Waals surface area contributed by atoms with Crippen LogP contribution in [0.5, 0.6) is 0 Å². The first kappa shape index (κ1) is 19.0. The number of carbonyl (C=O) groups is 2. The maximum atomic E-state index is 12.8. The van der Waals surface area contributed by atoms with Crippen LogP contribution in [0.15, 0.2) is 10.5 Å². The second-order valence-corrected chi connectivity index (χ2v) is 8.52. The monoisotopic (exact) mass is 413 g/mol. The Morgan fingerprint density at radius 1 is 1.42 bits per heavy atom. The van der Waals surface area contributed by atoms with Crippen LogP contribution in [0.25, 0.3) is 0 Å². The molecule has 1 unspecified atom stereocenters. The normalized spacial score (nSPS) is 15.7. The lowest BCUT2D eigenvalue weighted by molar-refractivity contribution is -0.121. The Kier molecular flexibility index (Phi) is 5.46. The number of hydrogen-bond acceptors (Lipinski definition) is 4. The van der Waals surface area contributed by atoms with Crippen LogP contribution in [0.2, 0.25) is 0 Å². The van der Waals surface area contributed by atoms with Gasteiger partial charge in [-0.25, -0.2) is 0 Å². The van der Waals surface area contributed by atoms with Gasteiger partial charge in [-0.05, 0) is 49.4 Å². The average Bonchev–Trinajstić information content (AvgIpc) is 3.31.